The van der Waals surface area contributed by atoms with Gasteiger partial charge in [0.05, 0.1) is 0 Å². The summed E-state index contributed by atoms with van der Waals surface area (Å²) in [7, 11) is 0. The molecule has 0 aromatic heterocycles. The van der Waals surface area contributed by atoms with Gasteiger partial charge < -0.3 is 5.73 Å². The standard InChI is InChI=1S/C17H30N2/c1-5-7-10-19(15(4)6-2)13-17-9-8-16(12-18)11-14(17)3/h8-9,11,15H,5-7,10,12-13,18H2,1-4H3. The molecule has 0 amide bonds. The van der Waals surface area contributed by atoms with Gasteiger partial charge in [-0.1, -0.05) is 38.5 Å². The average molecular weight is 262 g/mol. The Morgan fingerprint density at radius 3 is 2.53 bits per heavy atom. The zero-order valence-electron chi connectivity index (χ0n) is 13.1. The lowest BCUT2D eigenvalue weighted by Crippen LogP contribution is -2.33. The summed E-state index contributed by atoms with van der Waals surface area (Å²) in [5.74, 6) is 0. The van der Waals surface area contributed by atoms with E-state index >= 15 is 0 Å². The van der Waals surface area contributed by atoms with Crippen molar-refractivity contribution in [2.75, 3.05) is 6.54 Å². The fraction of sp³-hybridized carbons (Fsp3) is 0.647. The van der Waals surface area contributed by atoms with Gasteiger partial charge in [0.25, 0.3) is 0 Å². The Labute approximate surface area is 119 Å². The van der Waals surface area contributed by atoms with Gasteiger partial charge in [0.2, 0.25) is 0 Å². The van der Waals surface area contributed by atoms with Crippen molar-refractivity contribution in [2.45, 2.75) is 66.1 Å². The van der Waals surface area contributed by atoms with E-state index in [1.54, 1.807) is 0 Å². The molecule has 0 spiro atoms. The van der Waals surface area contributed by atoms with Gasteiger partial charge in [-0.2, -0.15) is 0 Å². The summed E-state index contributed by atoms with van der Waals surface area (Å²) in [6.45, 7) is 12.0. The van der Waals surface area contributed by atoms with Gasteiger partial charge in [0, 0.05) is 19.1 Å². The number of nitrogens with zero attached hydrogens (tertiary/aromatic N) is 1. The summed E-state index contributed by atoms with van der Waals surface area (Å²) in [6.07, 6.45) is 3.76. The Hall–Kier alpha value is -0.860. The minimum Gasteiger partial charge on any atom is -0.326 e. The van der Waals surface area contributed by atoms with Crippen molar-refractivity contribution in [3.05, 3.63) is 34.9 Å². The lowest BCUT2D eigenvalue weighted by molar-refractivity contribution is 0.192. The van der Waals surface area contributed by atoms with Crippen molar-refractivity contribution in [2.24, 2.45) is 5.73 Å². The Bertz CT molecular complexity index is 374. The summed E-state index contributed by atoms with van der Waals surface area (Å²) >= 11 is 0. The van der Waals surface area contributed by atoms with E-state index in [0.29, 0.717) is 12.6 Å². The highest BCUT2D eigenvalue weighted by molar-refractivity contribution is 5.31. The topological polar surface area (TPSA) is 29.3 Å². The van der Waals surface area contributed by atoms with Crippen LogP contribution in [0, 0.1) is 6.92 Å². The molecule has 1 aromatic rings. The fourth-order valence-corrected chi connectivity index (χ4v) is 2.36. The molecule has 0 aliphatic rings. The van der Waals surface area contributed by atoms with Crippen LogP contribution in [0.3, 0.4) is 0 Å². The Balaban J connectivity index is 2.77. The van der Waals surface area contributed by atoms with Crippen molar-refractivity contribution in [3.63, 3.8) is 0 Å². The van der Waals surface area contributed by atoms with Gasteiger partial charge >= 0.3 is 0 Å². The monoisotopic (exact) mass is 262 g/mol. The van der Waals surface area contributed by atoms with Crippen LogP contribution in [0.15, 0.2) is 18.2 Å². The van der Waals surface area contributed by atoms with Gasteiger partial charge in [0.15, 0.2) is 0 Å². The van der Waals surface area contributed by atoms with Crippen molar-refractivity contribution < 1.29 is 0 Å². The summed E-state index contributed by atoms with van der Waals surface area (Å²) in [5, 5.41) is 0. The number of aryl methyl sites for hydroxylation is 1. The first-order valence-corrected chi connectivity index (χ1v) is 7.64. The number of hydrogen-bond acceptors (Lipinski definition) is 2. The molecule has 2 N–H and O–H groups in total. The molecule has 1 unspecified atom stereocenters. The third-order valence-electron chi connectivity index (χ3n) is 4.03. The van der Waals surface area contributed by atoms with Crippen LogP contribution < -0.4 is 5.73 Å². The van der Waals surface area contributed by atoms with Gasteiger partial charge in [-0.15, -0.1) is 0 Å². The molecule has 0 saturated carbocycles. The molecule has 0 aliphatic heterocycles. The van der Waals surface area contributed by atoms with Gasteiger partial charge in [0.1, 0.15) is 0 Å². The van der Waals surface area contributed by atoms with E-state index in [0.717, 1.165) is 6.54 Å². The highest BCUT2D eigenvalue weighted by atomic mass is 15.1. The summed E-state index contributed by atoms with van der Waals surface area (Å²) < 4.78 is 0. The third kappa shape index (κ3) is 4.96. The molecule has 2 heteroatoms. The molecule has 1 aromatic carbocycles. The third-order valence-corrected chi connectivity index (χ3v) is 4.03. The van der Waals surface area contributed by atoms with Crippen LogP contribution in [0.2, 0.25) is 0 Å². The number of rotatable bonds is 8. The van der Waals surface area contributed by atoms with E-state index in [9.17, 15) is 0 Å². The summed E-state index contributed by atoms with van der Waals surface area (Å²) in [6, 6.07) is 7.29. The molecule has 0 bridgehead atoms. The molecule has 1 rings (SSSR count). The van der Waals surface area contributed by atoms with Crippen LogP contribution in [0.5, 0.6) is 0 Å². The first kappa shape index (κ1) is 16.2. The fourth-order valence-electron chi connectivity index (χ4n) is 2.36. The second kappa shape index (κ2) is 8.34. The highest BCUT2D eigenvalue weighted by Crippen LogP contribution is 2.16. The normalized spacial score (nSPS) is 12.9. The molecular weight excluding hydrogens is 232 g/mol. The van der Waals surface area contributed by atoms with E-state index in [1.165, 1.54) is 42.5 Å². The van der Waals surface area contributed by atoms with Gasteiger partial charge in [-0.25, -0.2) is 0 Å². The second-order valence-electron chi connectivity index (χ2n) is 5.55. The van der Waals surface area contributed by atoms with Crippen LogP contribution in [-0.4, -0.2) is 17.5 Å². The molecule has 0 radical (unpaired) electrons. The van der Waals surface area contributed by atoms with E-state index < -0.39 is 0 Å². The number of nitrogens with two attached hydrogens (primary N) is 1. The Kier molecular flexibility index (Phi) is 7.11. The van der Waals surface area contributed by atoms with E-state index in [1.807, 2.05) is 0 Å². The van der Waals surface area contributed by atoms with Gasteiger partial charge in [-0.3, -0.25) is 4.90 Å². The maximum atomic E-state index is 5.70. The zero-order valence-corrected chi connectivity index (χ0v) is 13.1. The molecule has 2 nitrogen and oxygen atoms in total. The van der Waals surface area contributed by atoms with Crippen LogP contribution >= 0.6 is 0 Å². The van der Waals surface area contributed by atoms with E-state index in [2.05, 4.69) is 50.8 Å². The molecule has 19 heavy (non-hydrogen) atoms. The Morgan fingerprint density at radius 2 is 2.00 bits per heavy atom. The molecule has 1 atom stereocenters. The van der Waals surface area contributed by atoms with Crippen molar-refractivity contribution in [1.29, 1.82) is 0 Å². The summed E-state index contributed by atoms with van der Waals surface area (Å²) in [5.41, 5.74) is 9.73. The predicted octanol–water partition coefficient (Wildman–Crippen LogP) is 3.85. The highest BCUT2D eigenvalue weighted by Gasteiger charge is 2.13. The predicted molar refractivity (Wildman–Crippen MR) is 84.1 cm³/mol. The molecule has 0 saturated heterocycles. The number of unbranched alkanes of at least 4 members (excludes halogenated alkanes) is 1. The molecular formula is C17H30N2. The smallest absolute Gasteiger partial charge is 0.0239 e. The lowest BCUT2D eigenvalue weighted by Gasteiger charge is -2.29. The molecule has 0 aliphatic carbocycles. The van der Waals surface area contributed by atoms with Crippen molar-refractivity contribution >= 4 is 0 Å². The Morgan fingerprint density at radius 1 is 1.26 bits per heavy atom. The average Bonchev–Trinajstić information content (AvgIpc) is 2.43. The van der Waals surface area contributed by atoms with Crippen molar-refractivity contribution in [3.8, 4) is 0 Å². The van der Waals surface area contributed by atoms with E-state index in [-0.39, 0.29) is 0 Å². The minimum atomic E-state index is 0.631. The number of hydrogen-bond donors (Lipinski definition) is 1. The van der Waals surface area contributed by atoms with E-state index in [4.69, 9.17) is 5.73 Å². The zero-order chi connectivity index (χ0) is 14.3. The minimum absolute atomic E-state index is 0.631. The van der Waals surface area contributed by atoms with Crippen LogP contribution in [0.1, 0.15) is 56.7 Å². The second-order valence-corrected chi connectivity index (χ2v) is 5.55. The van der Waals surface area contributed by atoms with Crippen LogP contribution in [0.25, 0.3) is 0 Å². The maximum Gasteiger partial charge on any atom is 0.0239 e. The lowest BCUT2D eigenvalue weighted by atomic mass is 10.0. The first-order valence-electron chi connectivity index (χ1n) is 7.64. The molecule has 108 valence electrons. The van der Waals surface area contributed by atoms with Crippen LogP contribution in [-0.2, 0) is 13.1 Å². The maximum absolute atomic E-state index is 5.70. The number of benzene rings is 1. The largest absolute Gasteiger partial charge is 0.326 e. The van der Waals surface area contributed by atoms with Crippen molar-refractivity contribution in [1.82, 2.24) is 4.90 Å². The van der Waals surface area contributed by atoms with Gasteiger partial charge in [-0.05, 0) is 49.9 Å². The molecule has 0 fully saturated rings. The summed E-state index contributed by atoms with van der Waals surface area (Å²) in [4.78, 5) is 2.61. The quantitative estimate of drug-likeness (QED) is 0.771. The van der Waals surface area contributed by atoms with Crippen LogP contribution in [0.4, 0.5) is 0 Å². The first-order chi connectivity index (χ1) is 9.12. The SMILES string of the molecule is CCCCN(Cc1ccc(CN)cc1C)C(C)CC. The molecule has 0 heterocycles.